The summed E-state index contributed by atoms with van der Waals surface area (Å²) in [6, 6.07) is 8.15. The van der Waals surface area contributed by atoms with Gasteiger partial charge in [0.15, 0.2) is 5.96 Å². The zero-order valence-electron chi connectivity index (χ0n) is 16.4. The molecule has 2 rings (SSSR count). The third-order valence-corrected chi connectivity index (χ3v) is 4.75. The lowest BCUT2D eigenvalue weighted by atomic mass is 10.1. The van der Waals surface area contributed by atoms with E-state index >= 15 is 0 Å². The van der Waals surface area contributed by atoms with Crippen LogP contribution in [0.25, 0.3) is 0 Å². The van der Waals surface area contributed by atoms with Crippen molar-refractivity contribution in [3.8, 4) is 5.88 Å². The fourth-order valence-corrected chi connectivity index (χ4v) is 3.32. The average molecular weight is 391 g/mol. The number of pyridine rings is 1. The van der Waals surface area contributed by atoms with E-state index in [-0.39, 0.29) is 0 Å². The Bertz CT molecular complexity index is 659. The van der Waals surface area contributed by atoms with Crippen LogP contribution in [-0.2, 0) is 17.7 Å². The lowest BCUT2D eigenvalue weighted by Gasteiger charge is -2.15. The molecule has 2 aromatic heterocycles. The van der Waals surface area contributed by atoms with Crippen molar-refractivity contribution in [2.45, 2.75) is 26.8 Å². The molecule has 0 radical (unpaired) electrons. The molecule has 0 aliphatic heterocycles. The first kappa shape index (κ1) is 21.2. The Morgan fingerprint density at radius 3 is 2.81 bits per heavy atom. The van der Waals surface area contributed by atoms with E-state index in [1.807, 2.05) is 23.5 Å². The van der Waals surface area contributed by atoms with Crippen molar-refractivity contribution in [3.05, 3.63) is 46.3 Å². The molecule has 2 aromatic rings. The molecule has 2 N–H and O–H groups in total. The quantitative estimate of drug-likeness (QED) is 0.351. The summed E-state index contributed by atoms with van der Waals surface area (Å²) in [4.78, 5) is 10.4. The predicted octanol–water partition coefficient (Wildman–Crippen LogP) is 3.10. The Kier molecular flexibility index (Phi) is 9.65. The smallest absolute Gasteiger partial charge is 0.213 e. The van der Waals surface area contributed by atoms with Crippen molar-refractivity contribution in [1.29, 1.82) is 0 Å². The van der Waals surface area contributed by atoms with Crippen LogP contribution >= 0.6 is 11.3 Å². The second-order valence-corrected chi connectivity index (χ2v) is 7.34. The molecule has 0 spiro atoms. The van der Waals surface area contributed by atoms with Gasteiger partial charge in [0.1, 0.15) is 6.61 Å². The Hall–Kier alpha value is -2.12. The highest BCUT2D eigenvalue weighted by molar-refractivity contribution is 7.09. The number of nitrogens with one attached hydrogen (secondary N) is 2. The molecule has 0 saturated carbocycles. The number of methoxy groups -OCH3 is 1. The molecular formula is C20H30N4O2S. The molecule has 0 fully saturated rings. The monoisotopic (exact) mass is 390 g/mol. The van der Waals surface area contributed by atoms with E-state index < -0.39 is 0 Å². The minimum Gasteiger partial charge on any atom is -0.475 e. The second-order valence-electron chi connectivity index (χ2n) is 6.31. The number of guanidine groups is 1. The average Bonchev–Trinajstić information content (AvgIpc) is 3.18. The lowest BCUT2D eigenvalue weighted by Crippen LogP contribution is -2.39. The van der Waals surface area contributed by atoms with E-state index in [4.69, 9.17) is 9.47 Å². The van der Waals surface area contributed by atoms with Crippen LogP contribution in [0.2, 0.25) is 0 Å². The van der Waals surface area contributed by atoms with Crippen molar-refractivity contribution in [1.82, 2.24) is 15.6 Å². The molecule has 27 heavy (non-hydrogen) atoms. The van der Waals surface area contributed by atoms with Crippen LogP contribution in [0.4, 0.5) is 0 Å². The number of hydrogen-bond donors (Lipinski definition) is 2. The zero-order valence-corrected chi connectivity index (χ0v) is 17.2. The first-order valence-corrected chi connectivity index (χ1v) is 10.2. The number of aromatic nitrogens is 1. The van der Waals surface area contributed by atoms with Crippen LogP contribution in [0.15, 0.2) is 40.8 Å². The summed E-state index contributed by atoms with van der Waals surface area (Å²) in [5.41, 5.74) is 1.04. The number of thiophene rings is 1. The van der Waals surface area contributed by atoms with Gasteiger partial charge in [0.25, 0.3) is 0 Å². The van der Waals surface area contributed by atoms with Gasteiger partial charge in [-0.25, -0.2) is 9.98 Å². The predicted molar refractivity (Wildman–Crippen MR) is 112 cm³/mol. The van der Waals surface area contributed by atoms with E-state index in [1.54, 1.807) is 13.3 Å². The van der Waals surface area contributed by atoms with Crippen LogP contribution in [0.5, 0.6) is 5.88 Å². The van der Waals surface area contributed by atoms with Gasteiger partial charge < -0.3 is 20.1 Å². The van der Waals surface area contributed by atoms with Crippen LogP contribution in [0.3, 0.4) is 0 Å². The minimum atomic E-state index is 0.499. The number of hydrogen-bond acceptors (Lipinski definition) is 5. The highest BCUT2D eigenvalue weighted by Gasteiger charge is 2.06. The second kappa shape index (κ2) is 12.3. The maximum absolute atomic E-state index is 5.48. The third kappa shape index (κ3) is 8.41. The number of ether oxygens (including phenoxy) is 2. The fraction of sp³-hybridized carbons (Fsp3) is 0.500. The number of rotatable bonds is 11. The highest BCUT2D eigenvalue weighted by Crippen LogP contribution is 2.13. The molecule has 0 aromatic carbocycles. The van der Waals surface area contributed by atoms with Gasteiger partial charge in [0, 0.05) is 37.3 Å². The van der Waals surface area contributed by atoms with Gasteiger partial charge in [0.2, 0.25) is 5.88 Å². The summed E-state index contributed by atoms with van der Waals surface area (Å²) in [6.07, 6.45) is 2.88. The van der Waals surface area contributed by atoms with Gasteiger partial charge in [-0.1, -0.05) is 19.1 Å². The summed E-state index contributed by atoms with van der Waals surface area (Å²) in [5, 5.41) is 8.86. The van der Waals surface area contributed by atoms with Crippen molar-refractivity contribution >= 4 is 17.3 Å². The lowest BCUT2D eigenvalue weighted by molar-refractivity contribution is 0.143. The van der Waals surface area contributed by atoms with Crippen molar-refractivity contribution < 1.29 is 9.47 Å². The standard InChI is InChI=1S/C20H30N4O2S/c1-4-21-20(23-13-16(2)12-18-6-5-11-27-18)24-15-17-7-8-19(22-14-17)26-10-9-25-3/h5-8,11,14,16H,4,9-10,12-13,15H2,1-3H3,(H2,21,23,24). The van der Waals surface area contributed by atoms with Gasteiger partial charge >= 0.3 is 0 Å². The van der Waals surface area contributed by atoms with Crippen molar-refractivity contribution in [2.75, 3.05) is 33.4 Å². The molecule has 7 heteroatoms. The van der Waals surface area contributed by atoms with E-state index in [0.29, 0.717) is 31.6 Å². The largest absolute Gasteiger partial charge is 0.475 e. The zero-order chi connectivity index (χ0) is 19.3. The molecule has 2 heterocycles. The summed E-state index contributed by atoms with van der Waals surface area (Å²) in [6.45, 7) is 7.65. The molecule has 148 valence electrons. The normalized spacial score (nSPS) is 12.6. The Morgan fingerprint density at radius 1 is 1.26 bits per heavy atom. The Labute approximate surface area is 166 Å². The SMILES string of the molecule is CCNC(=NCc1ccc(OCCOC)nc1)NCC(C)Cc1cccs1. The molecule has 1 unspecified atom stereocenters. The molecule has 0 saturated heterocycles. The number of aliphatic imine (C=N–C) groups is 1. The minimum absolute atomic E-state index is 0.499. The summed E-state index contributed by atoms with van der Waals surface area (Å²) < 4.78 is 10.4. The fourth-order valence-electron chi connectivity index (χ4n) is 2.45. The number of nitrogens with zero attached hydrogens (tertiary/aromatic N) is 2. The topological polar surface area (TPSA) is 67.8 Å². The molecule has 0 aliphatic rings. The van der Waals surface area contributed by atoms with E-state index in [2.05, 4.69) is 52.0 Å². The molecular weight excluding hydrogens is 360 g/mol. The molecule has 1 atom stereocenters. The van der Waals surface area contributed by atoms with E-state index in [1.165, 1.54) is 4.88 Å². The molecule has 0 bridgehead atoms. The van der Waals surface area contributed by atoms with E-state index in [9.17, 15) is 0 Å². The van der Waals surface area contributed by atoms with Gasteiger partial charge in [0.05, 0.1) is 13.2 Å². The maximum atomic E-state index is 5.48. The van der Waals surface area contributed by atoms with Crippen molar-refractivity contribution in [2.24, 2.45) is 10.9 Å². The first-order valence-electron chi connectivity index (χ1n) is 9.32. The highest BCUT2D eigenvalue weighted by atomic mass is 32.1. The third-order valence-electron chi connectivity index (χ3n) is 3.85. The van der Waals surface area contributed by atoms with Crippen LogP contribution in [-0.4, -0.2) is 44.4 Å². The maximum Gasteiger partial charge on any atom is 0.213 e. The van der Waals surface area contributed by atoms with Crippen LogP contribution < -0.4 is 15.4 Å². The van der Waals surface area contributed by atoms with Gasteiger partial charge in [-0.05, 0) is 36.3 Å². The summed E-state index contributed by atoms with van der Waals surface area (Å²) in [5.74, 6) is 1.97. The molecule has 6 nitrogen and oxygen atoms in total. The van der Waals surface area contributed by atoms with Gasteiger partial charge in [-0.15, -0.1) is 11.3 Å². The summed E-state index contributed by atoms with van der Waals surface area (Å²) >= 11 is 1.81. The van der Waals surface area contributed by atoms with Crippen molar-refractivity contribution in [3.63, 3.8) is 0 Å². The van der Waals surface area contributed by atoms with E-state index in [0.717, 1.165) is 31.0 Å². The van der Waals surface area contributed by atoms with Crippen LogP contribution in [0.1, 0.15) is 24.3 Å². The first-order chi connectivity index (χ1) is 13.2. The van der Waals surface area contributed by atoms with Gasteiger partial charge in [-0.3, -0.25) is 0 Å². The summed E-state index contributed by atoms with van der Waals surface area (Å²) in [7, 11) is 1.65. The van der Waals surface area contributed by atoms with Crippen LogP contribution in [0, 0.1) is 5.92 Å². The molecule has 0 amide bonds. The van der Waals surface area contributed by atoms with Gasteiger partial charge in [-0.2, -0.15) is 0 Å². The Balaban J connectivity index is 1.81. The Morgan fingerprint density at radius 2 is 2.15 bits per heavy atom. The molecule has 0 aliphatic carbocycles.